The van der Waals surface area contributed by atoms with Gasteiger partial charge in [0.2, 0.25) is 5.91 Å². The highest BCUT2D eigenvalue weighted by Gasteiger charge is 2.24. The van der Waals surface area contributed by atoms with Crippen molar-refractivity contribution in [1.82, 2.24) is 5.32 Å². The number of anilines is 1. The van der Waals surface area contributed by atoms with Crippen LogP contribution in [0.3, 0.4) is 0 Å². The molecule has 0 radical (unpaired) electrons. The number of benzene rings is 2. The number of carbonyl (C=O) groups excluding carboxylic acids is 2. The second-order valence-corrected chi connectivity index (χ2v) is 9.87. The summed E-state index contributed by atoms with van der Waals surface area (Å²) in [5, 5.41) is 5.91. The molecule has 1 aromatic heterocycles. The van der Waals surface area contributed by atoms with Crippen LogP contribution in [0.2, 0.25) is 0 Å². The maximum atomic E-state index is 12.9. The average molecular weight is 499 g/mol. The number of hydrogen-bond acceptors (Lipinski definition) is 7. The van der Waals surface area contributed by atoms with Crippen LogP contribution in [-0.2, 0) is 9.53 Å². The van der Waals surface area contributed by atoms with E-state index in [4.69, 9.17) is 13.9 Å². The number of nitrogens with one attached hydrogen (secondary N) is 2. The van der Waals surface area contributed by atoms with Gasteiger partial charge in [-0.25, -0.2) is 4.79 Å². The van der Waals surface area contributed by atoms with E-state index < -0.39 is 17.7 Å². The Hall–Kier alpha value is -3.46. The normalized spacial score (nSPS) is 12.1. The molecule has 3 rings (SSSR count). The van der Waals surface area contributed by atoms with Crippen LogP contribution < -0.4 is 20.8 Å². The molecule has 2 amide bonds. The first kappa shape index (κ1) is 26.2. The Morgan fingerprint density at radius 3 is 2.43 bits per heavy atom. The van der Waals surface area contributed by atoms with Gasteiger partial charge in [0, 0.05) is 17.3 Å². The van der Waals surface area contributed by atoms with Gasteiger partial charge in [0.25, 0.3) is 0 Å². The van der Waals surface area contributed by atoms with Crippen molar-refractivity contribution in [1.29, 1.82) is 0 Å². The maximum Gasteiger partial charge on any atom is 0.408 e. The van der Waals surface area contributed by atoms with Gasteiger partial charge in [0.1, 0.15) is 28.7 Å². The third kappa shape index (κ3) is 7.26. The summed E-state index contributed by atoms with van der Waals surface area (Å²) in [6.07, 6.45) is 1.75. The van der Waals surface area contributed by atoms with Crippen molar-refractivity contribution in [3.05, 3.63) is 58.8 Å². The molecule has 2 aromatic carbocycles. The van der Waals surface area contributed by atoms with E-state index in [0.29, 0.717) is 45.9 Å². The fourth-order valence-electron chi connectivity index (χ4n) is 3.31. The van der Waals surface area contributed by atoms with Crippen molar-refractivity contribution in [2.45, 2.75) is 38.8 Å². The summed E-state index contributed by atoms with van der Waals surface area (Å²) in [4.78, 5) is 37.6. The summed E-state index contributed by atoms with van der Waals surface area (Å²) in [6.45, 7) is 5.29. The lowest BCUT2D eigenvalue weighted by atomic mass is 10.1. The summed E-state index contributed by atoms with van der Waals surface area (Å²) in [7, 11) is 1.54. The van der Waals surface area contributed by atoms with Crippen molar-refractivity contribution in [2.24, 2.45) is 0 Å². The monoisotopic (exact) mass is 498 g/mol. The first-order valence-corrected chi connectivity index (χ1v) is 12.5. The molecule has 8 nitrogen and oxygen atoms in total. The molecule has 2 N–H and O–H groups in total. The van der Waals surface area contributed by atoms with E-state index in [2.05, 4.69) is 10.6 Å². The van der Waals surface area contributed by atoms with Gasteiger partial charge in [-0.05, 0) is 81.7 Å². The Labute approximate surface area is 208 Å². The fraction of sp³-hybridized carbons (Fsp3) is 0.346. The number of thioether (sulfide) groups is 1. The molecular weight excluding hydrogens is 468 g/mol. The predicted molar refractivity (Wildman–Crippen MR) is 139 cm³/mol. The minimum absolute atomic E-state index is 0.178. The molecule has 0 aliphatic rings. The van der Waals surface area contributed by atoms with Gasteiger partial charge in [-0.2, -0.15) is 11.8 Å². The molecule has 35 heavy (non-hydrogen) atoms. The van der Waals surface area contributed by atoms with E-state index in [1.807, 2.05) is 6.26 Å². The number of amides is 2. The number of carbonyl (C=O) groups is 2. The van der Waals surface area contributed by atoms with Gasteiger partial charge in [-0.3, -0.25) is 9.59 Å². The highest BCUT2D eigenvalue weighted by Crippen LogP contribution is 2.25. The number of rotatable bonds is 8. The number of methoxy groups -OCH3 is 1. The molecule has 3 aromatic rings. The molecule has 0 saturated heterocycles. The van der Waals surface area contributed by atoms with E-state index >= 15 is 0 Å². The summed E-state index contributed by atoms with van der Waals surface area (Å²) < 4.78 is 16.4. The lowest BCUT2D eigenvalue weighted by Gasteiger charge is -2.23. The highest BCUT2D eigenvalue weighted by molar-refractivity contribution is 7.98. The van der Waals surface area contributed by atoms with Crippen LogP contribution in [0.4, 0.5) is 10.5 Å². The van der Waals surface area contributed by atoms with Crippen LogP contribution in [0.25, 0.3) is 22.3 Å². The topological polar surface area (TPSA) is 107 Å². The SMILES string of the molecule is COc1ccc2oc(-c3ccc(NC(=O)C(CCSC)NC(=O)OC(C)(C)C)cc3)cc(=O)c2c1. The zero-order valence-electron chi connectivity index (χ0n) is 20.5. The third-order valence-electron chi connectivity index (χ3n) is 4.99. The largest absolute Gasteiger partial charge is 0.497 e. The van der Waals surface area contributed by atoms with E-state index in [1.54, 1.807) is 75.0 Å². The molecular formula is C26H30N2O6S. The van der Waals surface area contributed by atoms with Crippen LogP contribution in [-0.4, -0.2) is 42.8 Å². The zero-order valence-corrected chi connectivity index (χ0v) is 21.3. The Morgan fingerprint density at radius 1 is 1.09 bits per heavy atom. The van der Waals surface area contributed by atoms with Crippen LogP contribution in [0.15, 0.2) is 57.7 Å². The average Bonchev–Trinajstić information content (AvgIpc) is 2.80. The second-order valence-electron chi connectivity index (χ2n) is 8.88. The lowest BCUT2D eigenvalue weighted by Crippen LogP contribution is -2.46. The van der Waals surface area contributed by atoms with Gasteiger partial charge in [0.05, 0.1) is 12.5 Å². The van der Waals surface area contributed by atoms with Crippen molar-refractivity contribution in [2.75, 3.05) is 24.4 Å². The molecule has 0 spiro atoms. The van der Waals surface area contributed by atoms with Crippen molar-refractivity contribution in [3.8, 4) is 17.1 Å². The third-order valence-corrected chi connectivity index (χ3v) is 5.63. The molecule has 1 atom stereocenters. The lowest BCUT2D eigenvalue weighted by molar-refractivity contribution is -0.118. The summed E-state index contributed by atoms with van der Waals surface area (Å²) >= 11 is 1.58. The molecule has 1 heterocycles. The molecule has 0 aliphatic carbocycles. The van der Waals surface area contributed by atoms with E-state index in [-0.39, 0.29) is 11.3 Å². The van der Waals surface area contributed by atoms with Crippen LogP contribution in [0.1, 0.15) is 27.2 Å². The maximum absolute atomic E-state index is 12.9. The Balaban J connectivity index is 1.74. The van der Waals surface area contributed by atoms with E-state index in [1.165, 1.54) is 13.2 Å². The number of ether oxygens (including phenoxy) is 2. The number of alkyl carbamates (subject to hydrolysis) is 1. The minimum atomic E-state index is -0.743. The standard InChI is InChI=1S/C26H30N2O6S/c1-26(2,3)34-25(31)28-20(12-13-35-5)24(30)27-17-8-6-16(7-9-17)23-15-21(29)19-14-18(32-4)10-11-22(19)33-23/h6-11,14-15,20H,12-13H2,1-5H3,(H,27,30)(H,28,31). The molecule has 0 fully saturated rings. The molecule has 0 aliphatic heterocycles. The van der Waals surface area contributed by atoms with Crippen LogP contribution in [0, 0.1) is 0 Å². The summed E-state index contributed by atoms with van der Waals surface area (Å²) in [5.74, 6) is 1.34. The zero-order chi connectivity index (χ0) is 25.6. The minimum Gasteiger partial charge on any atom is -0.497 e. The van der Waals surface area contributed by atoms with Crippen molar-refractivity contribution in [3.63, 3.8) is 0 Å². The second kappa shape index (κ2) is 11.3. The van der Waals surface area contributed by atoms with Gasteiger partial charge in [0.15, 0.2) is 5.43 Å². The smallest absolute Gasteiger partial charge is 0.408 e. The number of hydrogen-bond donors (Lipinski definition) is 2. The van der Waals surface area contributed by atoms with Crippen LogP contribution >= 0.6 is 11.8 Å². The Morgan fingerprint density at radius 2 is 1.80 bits per heavy atom. The predicted octanol–water partition coefficient (Wildman–Crippen LogP) is 5.05. The number of fused-ring (bicyclic) bond motifs is 1. The Kier molecular flexibility index (Phi) is 8.45. The van der Waals surface area contributed by atoms with E-state index in [9.17, 15) is 14.4 Å². The molecule has 186 valence electrons. The van der Waals surface area contributed by atoms with Gasteiger partial charge in [-0.15, -0.1) is 0 Å². The summed E-state index contributed by atoms with van der Waals surface area (Å²) in [5.41, 5.74) is 0.845. The first-order valence-electron chi connectivity index (χ1n) is 11.1. The quantitative estimate of drug-likeness (QED) is 0.447. The van der Waals surface area contributed by atoms with Gasteiger partial charge >= 0.3 is 6.09 Å². The van der Waals surface area contributed by atoms with Crippen molar-refractivity contribution < 1.29 is 23.5 Å². The first-order chi connectivity index (χ1) is 16.6. The molecule has 1 unspecified atom stereocenters. The fourth-order valence-corrected chi connectivity index (χ4v) is 3.78. The molecule has 9 heteroatoms. The van der Waals surface area contributed by atoms with Gasteiger partial charge in [-0.1, -0.05) is 0 Å². The molecule has 0 bridgehead atoms. The van der Waals surface area contributed by atoms with E-state index in [0.717, 1.165) is 0 Å². The Bertz CT molecular complexity index is 1250. The highest BCUT2D eigenvalue weighted by atomic mass is 32.2. The van der Waals surface area contributed by atoms with Crippen LogP contribution in [0.5, 0.6) is 5.75 Å². The summed E-state index contributed by atoms with van der Waals surface area (Å²) in [6, 6.07) is 12.7. The van der Waals surface area contributed by atoms with Gasteiger partial charge < -0.3 is 24.5 Å². The molecule has 0 saturated carbocycles. The van der Waals surface area contributed by atoms with Crippen molar-refractivity contribution >= 4 is 40.4 Å².